The third kappa shape index (κ3) is 3.31. The number of nitrogens with one attached hydrogen (secondary N) is 1. The van der Waals surface area contributed by atoms with Gasteiger partial charge in [-0.25, -0.2) is 8.78 Å². The van der Waals surface area contributed by atoms with E-state index in [1.807, 2.05) is 0 Å². The molecule has 0 aromatic carbocycles. The van der Waals surface area contributed by atoms with Crippen molar-refractivity contribution in [3.63, 3.8) is 0 Å². The van der Waals surface area contributed by atoms with Crippen LogP contribution in [-0.2, 0) is 6.42 Å². The van der Waals surface area contributed by atoms with Gasteiger partial charge in [-0.05, 0) is 35.1 Å². The number of pyridine rings is 1. The summed E-state index contributed by atoms with van der Waals surface area (Å²) in [5.41, 5.74) is 0.660. The first-order valence-electron chi connectivity index (χ1n) is 4.19. The predicted octanol–water partition coefficient (Wildman–Crippen LogP) is 2.24. The van der Waals surface area contributed by atoms with Gasteiger partial charge < -0.3 is 5.32 Å². The van der Waals surface area contributed by atoms with Gasteiger partial charge in [-0.15, -0.1) is 0 Å². The molecule has 1 unspecified atom stereocenters. The SMILES string of the molecule is CNC(Cc1ccc(Br)cn1)C(F)F. The minimum Gasteiger partial charge on any atom is -0.312 e. The summed E-state index contributed by atoms with van der Waals surface area (Å²) in [6.07, 6.45) is -0.528. The molecule has 1 rings (SSSR count). The number of likely N-dealkylation sites (N-methyl/N-ethyl adjacent to an activating group) is 1. The molecule has 1 heterocycles. The van der Waals surface area contributed by atoms with Gasteiger partial charge in [-0.2, -0.15) is 0 Å². The number of rotatable bonds is 4. The zero-order chi connectivity index (χ0) is 10.6. The molecule has 2 nitrogen and oxygen atoms in total. The van der Waals surface area contributed by atoms with Crippen molar-refractivity contribution in [1.82, 2.24) is 10.3 Å². The van der Waals surface area contributed by atoms with Crippen LogP contribution in [0.2, 0.25) is 0 Å². The minimum absolute atomic E-state index is 0.238. The maximum Gasteiger partial charge on any atom is 0.254 e. The Bertz CT molecular complexity index is 277. The molecular weight excluding hydrogens is 254 g/mol. The lowest BCUT2D eigenvalue weighted by Gasteiger charge is -2.14. The molecule has 14 heavy (non-hydrogen) atoms. The molecule has 1 aromatic heterocycles. The van der Waals surface area contributed by atoms with Gasteiger partial charge in [0, 0.05) is 22.8 Å². The van der Waals surface area contributed by atoms with Crippen LogP contribution in [-0.4, -0.2) is 24.5 Å². The van der Waals surface area contributed by atoms with Crippen LogP contribution in [0.4, 0.5) is 8.78 Å². The first-order valence-corrected chi connectivity index (χ1v) is 4.98. The molecule has 0 aliphatic carbocycles. The van der Waals surface area contributed by atoms with Gasteiger partial charge in [0.15, 0.2) is 0 Å². The molecule has 78 valence electrons. The average molecular weight is 265 g/mol. The van der Waals surface area contributed by atoms with E-state index in [2.05, 4.69) is 26.2 Å². The lowest BCUT2D eigenvalue weighted by molar-refractivity contribution is 0.102. The third-order valence-corrected chi connectivity index (χ3v) is 2.36. The molecule has 1 N–H and O–H groups in total. The summed E-state index contributed by atoms with van der Waals surface area (Å²) in [5, 5.41) is 2.56. The Labute approximate surface area is 89.9 Å². The number of hydrogen-bond acceptors (Lipinski definition) is 2. The Morgan fingerprint density at radius 2 is 2.21 bits per heavy atom. The summed E-state index contributed by atoms with van der Waals surface area (Å²) in [7, 11) is 1.52. The van der Waals surface area contributed by atoms with Crippen molar-refractivity contribution < 1.29 is 8.78 Å². The fourth-order valence-corrected chi connectivity index (χ4v) is 1.30. The number of nitrogens with zero attached hydrogens (tertiary/aromatic N) is 1. The monoisotopic (exact) mass is 264 g/mol. The van der Waals surface area contributed by atoms with Crippen LogP contribution in [0, 0.1) is 0 Å². The predicted molar refractivity (Wildman–Crippen MR) is 54.5 cm³/mol. The molecule has 0 spiro atoms. The van der Waals surface area contributed by atoms with Crippen LogP contribution >= 0.6 is 15.9 Å². The Kier molecular flexibility index (Phi) is 4.41. The van der Waals surface area contributed by atoms with Gasteiger partial charge in [0.2, 0.25) is 0 Å². The van der Waals surface area contributed by atoms with Crippen LogP contribution in [0.25, 0.3) is 0 Å². The zero-order valence-electron chi connectivity index (χ0n) is 7.67. The van der Waals surface area contributed by atoms with Crippen LogP contribution in [0.3, 0.4) is 0 Å². The fourth-order valence-electron chi connectivity index (χ4n) is 1.07. The first kappa shape index (κ1) is 11.5. The van der Waals surface area contributed by atoms with Crippen molar-refractivity contribution in [2.24, 2.45) is 0 Å². The average Bonchev–Trinajstić information content (AvgIpc) is 2.16. The lowest BCUT2D eigenvalue weighted by Crippen LogP contribution is -2.34. The van der Waals surface area contributed by atoms with Crippen molar-refractivity contribution in [3.8, 4) is 0 Å². The normalized spacial score (nSPS) is 13.2. The maximum atomic E-state index is 12.4. The summed E-state index contributed by atoms with van der Waals surface area (Å²) >= 11 is 3.23. The van der Waals surface area contributed by atoms with E-state index in [0.29, 0.717) is 5.69 Å². The molecule has 0 fully saturated rings. The Morgan fingerprint density at radius 1 is 1.50 bits per heavy atom. The van der Waals surface area contributed by atoms with Gasteiger partial charge >= 0.3 is 0 Å². The zero-order valence-corrected chi connectivity index (χ0v) is 9.26. The fraction of sp³-hybridized carbons (Fsp3) is 0.444. The van der Waals surface area contributed by atoms with Gasteiger partial charge in [-0.3, -0.25) is 4.98 Å². The summed E-state index contributed by atoms with van der Waals surface area (Å²) in [4.78, 5) is 4.03. The van der Waals surface area contributed by atoms with Crippen LogP contribution in [0.1, 0.15) is 5.69 Å². The third-order valence-electron chi connectivity index (χ3n) is 1.89. The molecule has 1 atom stereocenters. The maximum absolute atomic E-state index is 12.4. The molecule has 0 radical (unpaired) electrons. The second kappa shape index (κ2) is 5.36. The highest BCUT2D eigenvalue weighted by Crippen LogP contribution is 2.11. The smallest absolute Gasteiger partial charge is 0.254 e. The molecule has 5 heteroatoms. The summed E-state index contributed by atoms with van der Waals surface area (Å²) in [6.45, 7) is 0. The molecule has 0 amide bonds. The molecule has 0 aliphatic heterocycles. The number of hydrogen-bond donors (Lipinski definition) is 1. The Morgan fingerprint density at radius 3 is 2.64 bits per heavy atom. The summed E-state index contributed by atoms with van der Waals surface area (Å²) in [5.74, 6) is 0. The van der Waals surface area contributed by atoms with Crippen LogP contribution in [0.15, 0.2) is 22.8 Å². The molecule has 0 saturated carbocycles. The highest BCUT2D eigenvalue weighted by atomic mass is 79.9. The molecular formula is C9H11BrF2N2. The van der Waals surface area contributed by atoms with E-state index in [-0.39, 0.29) is 6.42 Å². The molecule has 0 aliphatic rings. The largest absolute Gasteiger partial charge is 0.312 e. The van der Waals surface area contributed by atoms with Crippen molar-refractivity contribution in [3.05, 3.63) is 28.5 Å². The number of halogens is 3. The van der Waals surface area contributed by atoms with Crippen LogP contribution in [0.5, 0.6) is 0 Å². The highest BCUT2D eigenvalue weighted by Gasteiger charge is 2.18. The second-order valence-corrected chi connectivity index (χ2v) is 3.82. The van der Waals surface area contributed by atoms with E-state index in [1.165, 1.54) is 7.05 Å². The van der Waals surface area contributed by atoms with Gasteiger partial charge in [0.1, 0.15) is 0 Å². The number of aromatic nitrogens is 1. The van der Waals surface area contributed by atoms with E-state index in [1.54, 1.807) is 18.3 Å². The van der Waals surface area contributed by atoms with Gasteiger partial charge in [0.05, 0.1) is 6.04 Å². The molecule has 0 bridgehead atoms. The van der Waals surface area contributed by atoms with Crippen molar-refractivity contribution >= 4 is 15.9 Å². The van der Waals surface area contributed by atoms with Crippen molar-refractivity contribution in [2.75, 3.05) is 7.05 Å². The van der Waals surface area contributed by atoms with Crippen molar-refractivity contribution in [2.45, 2.75) is 18.9 Å². The van der Waals surface area contributed by atoms with E-state index in [0.717, 1.165) is 4.47 Å². The van der Waals surface area contributed by atoms with Crippen molar-refractivity contribution in [1.29, 1.82) is 0 Å². The van der Waals surface area contributed by atoms with E-state index in [4.69, 9.17) is 0 Å². The lowest BCUT2D eigenvalue weighted by atomic mass is 10.1. The highest BCUT2D eigenvalue weighted by molar-refractivity contribution is 9.10. The minimum atomic E-state index is -2.37. The Balaban J connectivity index is 2.63. The summed E-state index contributed by atoms with van der Waals surface area (Å²) in [6, 6.07) is 2.70. The quantitative estimate of drug-likeness (QED) is 0.903. The first-order chi connectivity index (χ1) is 6.63. The van der Waals surface area contributed by atoms with E-state index in [9.17, 15) is 8.78 Å². The summed E-state index contributed by atoms with van der Waals surface area (Å²) < 4.78 is 25.6. The second-order valence-electron chi connectivity index (χ2n) is 2.90. The standard InChI is InChI=1S/C9H11BrF2N2/c1-13-8(9(11)12)4-7-3-2-6(10)5-14-7/h2-3,5,8-9,13H,4H2,1H3. The Hall–Kier alpha value is -0.550. The molecule has 1 aromatic rings. The number of alkyl halides is 2. The van der Waals surface area contributed by atoms with E-state index >= 15 is 0 Å². The van der Waals surface area contributed by atoms with Gasteiger partial charge in [0.25, 0.3) is 6.43 Å². The van der Waals surface area contributed by atoms with E-state index < -0.39 is 12.5 Å². The molecule has 0 saturated heterocycles. The van der Waals surface area contributed by atoms with Crippen LogP contribution < -0.4 is 5.32 Å². The topological polar surface area (TPSA) is 24.9 Å². The van der Waals surface area contributed by atoms with Gasteiger partial charge in [-0.1, -0.05) is 0 Å².